The molecule has 86 valence electrons. The smallest absolute Gasteiger partial charge is 0.143 e. The van der Waals surface area contributed by atoms with E-state index in [1.807, 2.05) is 0 Å². The summed E-state index contributed by atoms with van der Waals surface area (Å²) in [6.07, 6.45) is 0. The first-order chi connectivity index (χ1) is 6.91. The molecule has 6 nitrogen and oxygen atoms in total. The third-order valence-corrected chi connectivity index (χ3v) is 1.30. The summed E-state index contributed by atoms with van der Waals surface area (Å²) in [5.41, 5.74) is 0. The molecule has 6 heteroatoms. The van der Waals surface area contributed by atoms with Crippen molar-refractivity contribution < 1.29 is 29.2 Å². The Kier molecular flexibility index (Phi) is 12.5. The third-order valence-electron chi connectivity index (χ3n) is 1.30. The Morgan fingerprint density at radius 3 is 1.07 bits per heavy atom. The first-order valence-electron chi connectivity index (χ1n) is 4.44. The summed E-state index contributed by atoms with van der Waals surface area (Å²) >= 11 is 0. The van der Waals surface area contributed by atoms with E-state index in [9.17, 15) is 0 Å². The molecule has 2 N–H and O–H groups in total. The second-order valence-corrected chi connectivity index (χ2v) is 2.30. The van der Waals surface area contributed by atoms with Crippen LogP contribution in [-0.2, 0) is 18.9 Å². The number of rotatable bonds is 11. The Hall–Kier alpha value is -0.240. The summed E-state index contributed by atoms with van der Waals surface area (Å²) in [6, 6.07) is 0. The Balaban J connectivity index is 2.78. The zero-order chi connectivity index (χ0) is 10.5. The second kappa shape index (κ2) is 12.8. The van der Waals surface area contributed by atoms with Gasteiger partial charge in [0.2, 0.25) is 0 Å². The molecular weight excluding hydrogens is 192 g/mol. The van der Waals surface area contributed by atoms with Crippen molar-refractivity contribution in [2.24, 2.45) is 0 Å². The molecule has 0 heterocycles. The highest BCUT2D eigenvalue weighted by atomic mass is 16.6. The molecule has 0 aliphatic rings. The molecule has 0 aromatic rings. The van der Waals surface area contributed by atoms with Gasteiger partial charge in [-0.05, 0) is 0 Å². The molecule has 0 bridgehead atoms. The fourth-order valence-corrected chi connectivity index (χ4v) is 0.687. The first-order valence-corrected chi connectivity index (χ1v) is 4.44. The van der Waals surface area contributed by atoms with Gasteiger partial charge in [-0.3, -0.25) is 0 Å². The summed E-state index contributed by atoms with van der Waals surface area (Å²) in [4.78, 5) is 0. The van der Waals surface area contributed by atoms with E-state index in [4.69, 9.17) is 19.7 Å². The lowest BCUT2D eigenvalue weighted by Gasteiger charge is -2.05. The standard InChI is InChI=1S/C8H18O6/c9-7-13-5-3-11-1-2-12-4-6-14-8-10/h9-10H,1-8H2. The van der Waals surface area contributed by atoms with Crippen LogP contribution in [0.3, 0.4) is 0 Å². The monoisotopic (exact) mass is 210 g/mol. The molecule has 0 aliphatic heterocycles. The topological polar surface area (TPSA) is 77.4 Å². The fraction of sp³-hybridized carbons (Fsp3) is 1.00. The number of aliphatic hydroxyl groups is 2. The largest absolute Gasteiger partial charge is 0.377 e. The van der Waals surface area contributed by atoms with E-state index >= 15 is 0 Å². The number of aliphatic hydroxyl groups excluding tert-OH is 2. The first kappa shape index (κ1) is 13.8. The van der Waals surface area contributed by atoms with E-state index in [0.29, 0.717) is 39.6 Å². The van der Waals surface area contributed by atoms with Crippen LogP contribution in [0, 0.1) is 0 Å². The Morgan fingerprint density at radius 2 is 0.786 bits per heavy atom. The predicted molar refractivity (Wildman–Crippen MR) is 47.7 cm³/mol. The normalized spacial score (nSPS) is 10.7. The van der Waals surface area contributed by atoms with Gasteiger partial charge in [-0.25, -0.2) is 0 Å². The fourth-order valence-electron chi connectivity index (χ4n) is 0.687. The maximum absolute atomic E-state index is 8.25. The lowest BCUT2D eigenvalue weighted by atomic mass is 10.7. The molecule has 0 aromatic heterocycles. The molecule has 0 atom stereocenters. The SMILES string of the molecule is OCOCCOCCOCCOCO. The Morgan fingerprint density at radius 1 is 0.500 bits per heavy atom. The van der Waals surface area contributed by atoms with Crippen molar-refractivity contribution in [3.63, 3.8) is 0 Å². The zero-order valence-corrected chi connectivity index (χ0v) is 8.18. The Bertz CT molecular complexity index is 87.8. The molecule has 0 radical (unpaired) electrons. The van der Waals surface area contributed by atoms with Crippen LogP contribution in [-0.4, -0.2) is 63.4 Å². The van der Waals surface area contributed by atoms with Crippen molar-refractivity contribution in [3.8, 4) is 0 Å². The van der Waals surface area contributed by atoms with Gasteiger partial charge in [0.05, 0.1) is 39.6 Å². The maximum Gasteiger partial charge on any atom is 0.143 e. The molecule has 0 aliphatic carbocycles. The number of ether oxygens (including phenoxy) is 4. The van der Waals surface area contributed by atoms with Gasteiger partial charge in [0.25, 0.3) is 0 Å². The average molecular weight is 210 g/mol. The summed E-state index contributed by atoms with van der Waals surface area (Å²) < 4.78 is 19.5. The van der Waals surface area contributed by atoms with Gasteiger partial charge in [0.1, 0.15) is 13.6 Å². The predicted octanol–water partition coefficient (Wildman–Crippen LogP) is -1.05. The van der Waals surface area contributed by atoms with Gasteiger partial charge in [0, 0.05) is 0 Å². The minimum Gasteiger partial charge on any atom is -0.377 e. The molecule has 0 unspecified atom stereocenters. The van der Waals surface area contributed by atoms with Gasteiger partial charge in [-0.1, -0.05) is 0 Å². The van der Waals surface area contributed by atoms with Gasteiger partial charge < -0.3 is 29.2 Å². The molecule has 0 saturated carbocycles. The summed E-state index contributed by atoms with van der Waals surface area (Å²) in [5, 5.41) is 16.5. The van der Waals surface area contributed by atoms with Crippen molar-refractivity contribution >= 4 is 0 Å². The van der Waals surface area contributed by atoms with Crippen molar-refractivity contribution in [2.45, 2.75) is 0 Å². The van der Waals surface area contributed by atoms with Crippen LogP contribution in [0.2, 0.25) is 0 Å². The minimum absolute atomic E-state index is 0.279. The van der Waals surface area contributed by atoms with E-state index in [0.717, 1.165) is 0 Å². The summed E-state index contributed by atoms with van der Waals surface area (Å²) in [6.45, 7) is 2.04. The van der Waals surface area contributed by atoms with E-state index in [1.165, 1.54) is 0 Å². The van der Waals surface area contributed by atoms with Gasteiger partial charge in [-0.15, -0.1) is 0 Å². The van der Waals surface area contributed by atoms with Crippen LogP contribution in [0.15, 0.2) is 0 Å². The van der Waals surface area contributed by atoms with Crippen LogP contribution in [0.25, 0.3) is 0 Å². The highest BCUT2D eigenvalue weighted by Gasteiger charge is 1.90. The minimum atomic E-state index is -0.279. The van der Waals surface area contributed by atoms with Gasteiger partial charge >= 0.3 is 0 Å². The van der Waals surface area contributed by atoms with E-state index in [2.05, 4.69) is 9.47 Å². The number of hydrogen-bond acceptors (Lipinski definition) is 6. The van der Waals surface area contributed by atoms with Crippen molar-refractivity contribution in [3.05, 3.63) is 0 Å². The van der Waals surface area contributed by atoms with Crippen LogP contribution < -0.4 is 0 Å². The lowest BCUT2D eigenvalue weighted by Crippen LogP contribution is -2.12. The third kappa shape index (κ3) is 11.8. The summed E-state index contributed by atoms with van der Waals surface area (Å²) in [7, 11) is 0. The van der Waals surface area contributed by atoms with Crippen molar-refractivity contribution in [1.82, 2.24) is 0 Å². The Labute approximate surface area is 83.3 Å². The quantitative estimate of drug-likeness (QED) is 0.335. The number of hydrogen-bond donors (Lipinski definition) is 2. The highest BCUT2D eigenvalue weighted by Crippen LogP contribution is 1.81. The van der Waals surface area contributed by atoms with Crippen LogP contribution in [0.1, 0.15) is 0 Å². The zero-order valence-electron chi connectivity index (χ0n) is 8.18. The van der Waals surface area contributed by atoms with Gasteiger partial charge in [-0.2, -0.15) is 0 Å². The molecule has 0 aromatic carbocycles. The van der Waals surface area contributed by atoms with Crippen LogP contribution in [0.4, 0.5) is 0 Å². The lowest BCUT2D eigenvalue weighted by molar-refractivity contribution is -0.0495. The van der Waals surface area contributed by atoms with Crippen LogP contribution >= 0.6 is 0 Å². The van der Waals surface area contributed by atoms with E-state index in [-0.39, 0.29) is 13.6 Å². The van der Waals surface area contributed by atoms with E-state index < -0.39 is 0 Å². The molecule has 0 saturated heterocycles. The molecular formula is C8H18O6. The van der Waals surface area contributed by atoms with E-state index in [1.54, 1.807) is 0 Å². The molecule has 0 spiro atoms. The van der Waals surface area contributed by atoms with Crippen molar-refractivity contribution in [1.29, 1.82) is 0 Å². The molecule has 14 heavy (non-hydrogen) atoms. The summed E-state index contributed by atoms with van der Waals surface area (Å²) in [5.74, 6) is 0. The maximum atomic E-state index is 8.25. The molecule has 0 amide bonds. The average Bonchev–Trinajstić information content (AvgIpc) is 2.21. The second-order valence-electron chi connectivity index (χ2n) is 2.30. The highest BCUT2D eigenvalue weighted by molar-refractivity contribution is 4.32. The van der Waals surface area contributed by atoms with Crippen LogP contribution in [0.5, 0.6) is 0 Å². The molecule has 0 rings (SSSR count). The van der Waals surface area contributed by atoms with Crippen molar-refractivity contribution in [2.75, 3.05) is 53.2 Å². The molecule has 0 fully saturated rings. The van der Waals surface area contributed by atoms with Gasteiger partial charge in [0.15, 0.2) is 0 Å².